The molecule has 3 aromatic rings. The van der Waals surface area contributed by atoms with E-state index in [0.717, 1.165) is 15.4 Å². The van der Waals surface area contributed by atoms with Gasteiger partial charge in [-0.1, -0.05) is 54.6 Å². The molecule has 2 aliphatic heterocycles. The second-order valence-electron chi connectivity index (χ2n) is 10.7. The van der Waals surface area contributed by atoms with E-state index in [1.807, 2.05) is 35.2 Å². The number of fused-ring (bicyclic) bond motifs is 2. The standard InChI is InChI=1S/C20H22N2O4.C13H16N2O4/c23-11-10-21(12-15-6-2-1-3-7-15)13-16(24)14-22-19(25)17-8-4-5-9-18(17)20(22)26;16-6-5-14-7-9(17)8-15-12(18)10-3-1-2-4-11(10)13(15)19/h1-9,16,23-24H,10-14H2;1-4,9,14,16-17H,5-8H2. The van der Waals surface area contributed by atoms with Gasteiger partial charge in [0, 0.05) is 32.7 Å². The van der Waals surface area contributed by atoms with Gasteiger partial charge in [-0.25, -0.2) is 0 Å². The van der Waals surface area contributed by atoms with Gasteiger partial charge in [0.1, 0.15) is 0 Å². The monoisotopic (exact) mass is 618 g/mol. The van der Waals surface area contributed by atoms with E-state index in [0.29, 0.717) is 41.9 Å². The Balaban J connectivity index is 0.000000215. The molecule has 4 amide bonds. The molecule has 12 nitrogen and oxygen atoms in total. The highest BCUT2D eigenvalue weighted by atomic mass is 16.3. The number of benzene rings is 3. The number of nitrogens with zero attached hydrogens (tertiary/aromatic N) is 3. The molecule has 5 N–H and O–H groups in total. The fourth-order valence-electron chi connectivity index (χ4n) is 5.22. The second kappa shape index (κ2) is 16.1. The van der Waals surface area contributed by atoms with Gasteiger partial charge in [-0.15, -0.1) is 0 Å². The van der Waals surface area contributed by atoms with E-state index in [2.05, 4.69) is 5.32 Å². The number of imide groups is 2. The quantitative estimate of drug-likeness (QED) is 0.126. The SMILES string of the molecule is O=C1c2ccccc2C(=O)N1CC(O)CN(CCO)Cc1ccccc1.O=C1c2ccccc2C(=O)N1CC(O)CNCCO. The molecule has 2 atom stereocenters. The number of nitrogens with one attached hydrogen (secondary N) is 1. The summed E-state index contributed by atoms with van der Waals surface area (Å²) in [7, 11) is 0. The third kappa shape index (κ3) is 8.45. The molecule has 238 valence electrons. The third-order valence-corrected chi connectivity index (χ3v) is 7.35. The van der Waals surface area contributed by atoms with Crippen molar-refractivity contribution in [3.63, 3.8) is 0 Å². The summed E-state index contributed by atoms with van der Waals surface area (Å²) in [4.78, 5) is 52.8. The Bertz CT molecular complexity index is 1410. The van der Waals surface area contributed by atoms with Crippen LogP contribution in [0.15, 0.2) is 78.9 Å². The highest BCUT2D eigenvalue weighted by Crippen LogP contribution is 2.23. The van der Waals surface area contributed by atoms with Crippen molar-refractivity contribution in [2.45, 2.75) is 18.8 Å². The van der Waals surface area contributed by atoms with Gasteiger partial charge in [0.2, 0.25) is 0 Å². The second-order valence-corrected chi connectivity index (χ2v) is 10.7. The van der Waals surface area contributed by atoms with Crippen LogP contribution in [0.2, 0.25) is 0 Å². The van der Waals surface area contributed by atoms with Crippen LogP contribution < -0.4 is 5.32 Å². The summed E-state index contributed by atoms with van der Waals surface area (Å²) in [6, 6.07) is 23.0. The molecule has 2 heterocycles. The number of carbonyl (C=O) groups is 4. The Morgan fingerprint density at radius 1 is 0.622 bits per heavy atom. The van der Waals surface area contributed by atoms with E-state index in [1.54, 1.807) is 48.5 Å². The first-order chi connectivity index (χ1) is 21.7. The lowest BCUT2D eigenvalue weighted by Crippen LogP contribution is -2.43. The van der Waals surface area contributed by atoms with Crippen LogP contribution >= 0.6 is 0 Å². The summed E-state index contributed by atoms with van der Waals surface area (Å²) in [6.07, 6.45) is -1.75. The molecule has 0 aromatic heterocycles. The first-order valence-electron chi connectivity index (χ1n) is 14.7. The smallest absolute Gasteiger partial charge is 0.261 e. The van der Waals surface area contributed by atoms with E-state index in [1.165, 1.54) is 0 Å². The molecular weight excluding hydrogens is 580 g/mol. The molecule has 0 aliphatic carbocycles. The van der Waals surface area contributed by atoms with Gasteiger partial charge < -0.3 is 25.7 Å². The molecule has 3 aromatic carbocycles. The molecule has 5 rings (SSSR count). The van der Waals surface area contributed by atoms with Gasteiger partial charge in [0.15, 0.2) is 0 Å². The van der Waals surface area contributed by atoms with E-state index in [4.69, 9.17) is 5.11 Å². The molecule has 0 radical (unpaired) electrons. The summed E-state index contributed by atoms with van der Waals surface area (Å²) in [5.41, 5.74) is 2.57. The molecule has 0 saturated carbocycles. The molecule has 2 unspecified atom stereocenters. The number of carbonyl (C=O) groups excluding carboxylic acids is 4. The Kier molecular flexibility index (Phi) is 12.0. The first kappa shape index (κ1) is 33.6. The number of rotatable bonds is 14. The van der Waals surface area contributed by atoms with Gasteiger partial charge in [-0.2, -0.15) is 0 Å². The number of hydrogen-bond acceptors (Lipinski definition) is 10. The molecule has 0 bridgehead atoms. The number of amides is 4. The Morgan fingerprint density at radius 3 is 1.51 bits per heavy atom. The first-order valence-corrected chi connectivity index (χ1v) is 14.7. The minimum atomic E-state index is -0.896. The van der Waals surface area contributed by atoms with Crippen LogP contribution in [0.4, 0.5) is 0 Å². The third-order valence-electron chi connectivity index (χ3n) is 7.35. The van der Waals surface area contributed by atoms with E-state index in [9.17, 15) is 34.5 Å². The molecule has 0 saturated heterocycles. The van der Waals surface area contributed by atoms with Crippen molar-refractivity contribution in [1.82, 2.24) is 20.0 Å². The van der Waals surface area contributed by atoms with Crippen LogP contribution in [0.5, 0.6) is 0 Å². The normalized spacial score (nSPS) is 15.2. The Morgan fingerprint density at radius 2 is 1.07 bits per heavy atom. The van der Waals surface area contributed by atoms with Crippen LogP contribution in [0.25, 0.3) is 0 Å². The zero-order valence-electron chi connectivity index (χ0n) is 24.8. The summed E-state index contributed by atoms with van der Waals surface area (Å²) in [5, 5.41) is 40.9. The molecule has 12 heteroatoms. The average molecular weight is 619 g/mol. The largest absolute Gasteiger partial charge is 0.395 e. The van der Waals surface area contributed by atoms with Gasteiger partial charge >= 0.3 is 0 Å². The highest BCUT2D eigenvalue weighted by Gasteiger charge is 2.37. The highest BCUT2D eigenvalue weighted by molar-refractivity contribution is 6.22. The fourth-order valence-corrected chi connectivity index (χ4v) is 5.22. The zero-order chi connectivity index (χ0) is 32.3. The molecular formula is C33H38N4O8. The maximum Gasteiger partial charge on any atom is 0.261 e. The predicted octanol–water partition coefficient (Wildman–Crippen LogP) is 0.363. The molecule has 0 spiro atoms. The minimum Gasteiger partial charge on any atom is -0.395 e. The molecule has 0 fully saturated rings. The number of aliphatic hydroxyl groups is 4. The average Bonchev–Trinajstić information content (AvgIpc) is 3.42. The maximum absolute atomic E-state index is 12.4. The van der Waals surface area contributed by atoms with Crippen LogP contribution in [-0.4, -0.2) is 123 Å². The predicted molar refractivity (Wildman–Crippen MR) is 164 cm³/mol. The lowest BCUT2D eigenvalue weighted by atomic mass is 10.1. The van der Waals surface area contributed by atoms with Crippen molar-refractivity contribution >= 4 is 23.6 Å². The van der Waals surface area contributed by atoms with Gasteiger partial charge in [0.05, 0.1) is 60.8 Å². The van der Waals surface area contributed by atoms with Crippen molar-refractivity contribution in [2.75, 3.05) is 52.5 Å². The van der Waals surface area contributed by atoms with E-state index >= 15 is 0 Å². The van der Waals surface area contributed by atoms with Crippen LogP contribution in [0.1, 0.15) is 47.0 Å². The number of hydrogen-bond donors (Lipinski definition) is 5. The Hall–Kier alpha value is -4.30. The van der Waals surface area contributed by atoms with Crippen molar-refractivity contribution in [3.05, 3.63) is 107 Å². The molecule has 2 aliphatic rings. The number of β-amino-alcohol motifs (C(OH)–C–C–N with tert-alkyl or cyclic N) is 2. The summed E-state index contributed by atoms with van der Waals surface area (Å²) in [6.45, 7) is 1.62. The van der Waals surface area contributed by atoms with Crippen molar-refractivity contribution in [1.29, 1.82) is 0 Å². The Labute approximate surface area is 261 Å². The summed E-state index contributed by atoms with van der Waals surface area (Å²) >= 11 is 0. The minimum absolute atomic E-state index is 0.0280. The lowest BCUT2D eigenvalue weighted by molar-refractivity contribution is 0.0446. The fraction of sp³-hybridized carbons (Fsp3) is 0.333. The van der Waals surface area contributed by atoms with E-state index in [-0.39, 0.29) is 63.0 Å². The van der Waals surface area contributed by atoms with Gasteiger partial charge in [-0.05, 0) is 29.8 Å². The van der Waals surface area contributed by atoms with Crippen LogP contribution in [0.3, 0.4) is 0 Å². The van der Waals surface area contributed by atoms with Crippen molar-refractivity contribution < 1.29 is 39.6 Å². The van der Waals surface area contributed by atoms with Gasteiger partial charge in [-0.3, -0.25) is 33.9 Å². The zero-order valence-corrected chi connectivity index (χ0v) is 24.8. The maximum atomic E-state index is 12.4. The topological polar surface area (TPSA) is 171 Å². The summed E-state index contributed by atoms with van der Waals surface area (Å²) < 4.78 is 0. The van der Waals surface area contributed by atoms with E-state index < -0.39 is 12.2 Å². The molecule has 45 heavy (non-hydrogen) atoms. The van der Waals surface area contributed by atoms with Crippen LogP contribution in [0, 0.1) is 0 Å². The lowest BCUT2D eigenvalue weighted by Gasteiger charge is -2.26. The van der Waals surface area contributed by atoms with Crippen molar-refractivity contribution in [2.24, 2.45) is 0 Å². The van der Waals surface area contributed by atoms with Crippen molar-refractivity contribution in [3.8, 4) is 0 Å². The van der Waals surface area contributed by atoms with Gasteiger partial charge in [0.25, 0.3) is 23.6 Å². The number of aliphatic hydroxyl groups excluding tert-OH is 4. The summed E-state index contributed by atoms with van der Waals surface area (Å²) in [5.74, 6) is -1.49. The van der Waals surface area contributed by atoms with Crippen LogP contribution in [-0.2, 0) is 6.54 Å².